The van der Waals surface area contributed by atoms with Crippen LogP contribution in [-0.4, -0.2) is 37.7 Å². The van der Waals surface area contributed by atoms with Crippen LogP contribution in [-0.2, 0) is 4.74 Å². The van der Waals surface area contributed by atoms with Gasteiger partial charge in [-0.2, -0.15) is 4.98 Å². The number of hydrogen-bond donors (Lipinski definition) is 0. The fourth-order valence-electron chi connectivity index (χ4n) is 3.95. The molecular formula is C24H21FN4O3S. The second-order valence-electron chi connectivity index (χ2n) is 8.01. The summed E-state index contributed by atoms with van der Waals surface area (Å²) >= 11 is 1.44. The minimum Gasteiger partial charge on any atom is -0.451 e. The van der Waals surface area contributed by atoms with E-state index in [1.54, 1.807) is 12.1 Å². The Labute approximate surface area is 193 Å². The number of rotatable bonds is 7. The summed E-state index contributed by atoms with van der Waals surface area (Å²) in [5.41, 5.74) is 3.05. The van der Waals surface area contributed by atoms with Crippen LogP contribution in [0, 0.1) is 19.7 Å². The number of thiophene rings is 1. The SMILES string of the molecule is Cc1cc(C(=O)COC(=O)c2nc(-c3cccs3)n(-c3ccc(F)cc3)n2)c(C)n1C1CC1. The molecule has 0 atom stereocenters. The van der Waals surface area contributed by atoms with Crippen molar-refractivity contribution in [2.45, 2.75) is 32.7 Å². The average molecular weight is 465 g/mol. The number of carbonyl (C=O) groups is 2. The van der Waals surface area contributed by atoms with Crippen molar-refractivity contribution in [3.8, 4) is 16.4 Å². The molecule has 0 aliphatic heterocycles. The standard InChI is InChI=1S/C24H21FN4O3S/c1-14-12-19(15(2)28(14)17-9-10-17)20(30)13-32-24(31)22-26-23(21-4-3-11-33-21)29(27-22)18-7-5-16(25)6-8-18/h3-8,11-12,17H,9-10,13H2,1-2H3. The van der Waals surface area contributed by atoms with Crippen molar-refractivity contribution in [3.05, 3.63) is 76.4 Å². The Bertz CT molecular complexity index is 1330. The zero-order valence-corrected chi connectivity index (χ0v) is 18.9. The van der Waals surface area contributed by atoms with Crippen LogP contribution in [0.15, 0.2) is 47.8 Å². The van der Waals surface area contributed by atoms with Crippen molar-refractivity contribution in [3.63, 3.8) is 0 Å². The van der Waals surface area contributed by atoms with E-state index < -0.39 is 12.6 Å². The molecule has 168 valence electrons. The number of aryl methyl sites for hydroxylation is 1. The molecule has 5 rings (SSSR count). The number of aromatic nitrogens is 4. The van der Waals surface area contributed by atoms with Gasteiger partial charge in [-0.25, -0.2) is 13.9 Å². The largest absolute Gasteiger partial charge is 0.451 e. The van der Waals surface area contributed by atoms with Gasteiger partial charge in [0.2, 0.25) is 5.78 Å². The third kappa shape index (κ3) is 4.11. The monoisotopic (exact) mass is 464 g/mol. The van der Waals surface area contributed by atoms with Crippen LogP contribution in [0.4, 0.5) is 4.39 Å². The van der Waals surface area contributed by atoms with Crippen molar-refractivity contribution in [1.82, 2.24) is 19.3 Å². The van der Waals surface area contributed by atoms with E-state index in [0.29, 0.717) is 23.1 Å². The minimum absolute atomic E-state index is 0.168. The summed E-state index contributed by atoms with van der Waals surface area (Å²) in [6.07, 6.45) is 2.24. The lowest BCUT2D eigenvalue weighted by atomic mass is 10.1. The number of ketones is 1. The molecule has 4 aromatic rings. The number of hydrogen-bond acceptors (Lipinski definition) is 6. The molecule has 0 saturated heterocycles. The first-order valence-corrected chi connectivity index (χ1v) is 11.5. The molecule has 1 aromatic carbocycles. The summed E-state index contributed by atoms with van der Waals surface area (Å²) in [7, 11) is 0. The predicted molar refractivity (Wildman–Crippen MR) is 121 cm³/mol. The van der Waals surface area contributed by atoms with Gasteiger partial charge in [-0.05, 0) is 68.5 Å². The molecule has 0 bridgehead atoms. The van der Waals surface area contributed by atoms with Crippen LogP contribution in [0.2, 0.25) is 0 Å². The van der Waals surface area contributed by atoms with E-state index in [-0.39, 0.29) is 17.4 Å². The second-order valence-corrected chi connectivity index (χ2v) is 8.96. The van der Waals surface area contributed by atoms with E-state index in [2.05, 4.69) is 14.6 Å². The Kier molecular flexibility index (Phi) is 5.41. The number of carbonyl (C=O) groups excluding carboxylic acids is 2. The highest BCUT2D eigenvalue weighted by Crippen LogP contribution is 2.38. The quantitative estimate of drug-likeness (QED) is 0.286. The van der Waals surface area contributed by atoms with Gasteiger partial charge in [0.15, 0.2) is 12.4 Å². The second kappa shape index (κ2) is 8.40. The summed E-state index contributed by atoms with van der Waals surface area (Å²) in [4.78, 5) is 30.6. The average Bonchev–Trinajstić information content (AvgIpc) is 3.20. The summed E-state index contributed by atoms with van der Waals surface area (Å²) in [6, 6.07) is 11.7. The Hall–Kier alpha value is -3.59. The molecule has 0 amide bonds. The first-order chi connectivity index (χ1) is 15.9. The van der Waals surface area contributed by atoms with Gasteiger partial charge in [0.05, 0.1) is 10.6 Å². The smallest absolute Gasteiger partial charge is 0.378 e. The van der Waals surface area contributed by atoms with Crippen LogP contribution < -0.4 is 0 Å². The Balaban J connectivity index is 1.37. The number of nitrogens with zero attached hydrogens (tertiary/aromatic N) is 4. The van der Waals surface area contributed by atoms with E-state index in [1.165, 1.54) is 28.2 Å². The van der Waals surface area contributed by atoms with Gasteiger partial charge in [0, 0.05) is 23.0 Å². The van der Waals surface area contributed by atoms with Crippen molar-refractivity contribution < 1.29 is 18.7 Å². The maximum Gasteiger partial charge on any atom is 0.378 e. The fraction of sp³-hybridized carbons (Fsp3) is 0.250. The Morgan fingerprint density at radius 1 is 1.18 bits per heavy atom. The van der Waals surface area contributed by atoms with E-state index in [9.17, 15) is 14.0 Å². The highest BCUT2D eigenvalue weighted by Gasteiger charge is 2.29. The number of Topliss-reactive ketones (excluding diaryl/α,β-unsaturated/α-hetero) is 1. The highest BCUT2D eigenvalue weighted by atomic mass is 32.1. The summed E-state index contributed by atoms with van der Waals surface area (Å²) < 4.78 is 22.3. The highest BCUT2D eigenvalue weighted by molar-refractivity contribution is 7.13. The molecule has 0 spiro atoms. The van der Waals surface area contributed by atoms with Crippen LogP contribution in [0.3, 0.4) is 0 Å². The van der Waals surface area contributed by atoms with Gasteiger partial charge in [0.1, 0.15) is 5.82 Å². The Morgan fingerprint density at radius 2 is 1.94 bits per heavy atom. The molecule has 1 aliphatic carbocycles. The third-order valence-electron chi connectivity index (χ3n) is 5.63. The molecule has 7 nitrogen and oxygen atoms in total. The molecule has 0 radical (unpaired) electrons. The molecule has 9 heteroatoms. The van der Waals surface area contributed by atoms with Crippen molar-refractivity contribution in [1.29, 1.82) is 0 Å². The van der Waals surface area contributed by atoms with Gasteiger partial charge >= 0.3 is 5.97 Å². The number of halogens is 1. The molecule has 3 aromatic heterocycles. The first kappa shape index (κ1) is 21.3. The van der Waals surface area contributed by atoms with Crippen molar-refractivity contribution in [2.24, 2.45) is 0 Å². The third-order valence-corrected chi connectivity index (χ3v) is 6.50. The topological polar surface area (TPSA) is 79.0 Å². The number of esters is 1. The van der Waals surface area contributed by atoms with E-state index in [4.69, 9.17) is 4.74 Å². The van der Waals surface area contributed by atoms with E-state index in [0.717, 1.165) is 29.1 Å². The van der Waals surface area contributed by atoms with Gasteiger partial charge < -0.3 is 9.30 Å². The van der Waals surface area contributed by atoms with Crippen LogP contribution in [0.25, 0.3) is 16.4 Å². The molecule has 1 fully saturated rings. The van der Waals surface area contributed by atoms with Gasteiger partial charge in [-0.3, -0.25) is 4.79 Å². The van der Waals surface area contributed by atoms with Gasteiger partial charge in [-0.15, -0.1) is 16.4 Å². The lowest BCUT2D eigenvalue weighted by Crippen LogP contribution is -2.16. The van der Waals surface area contributed by atoms with Crippen molar-refractivity contribution in [2.75, 3.05) is 6.61 Å². The van der Waals surface area contributed by atoms with Gasteiger partial charge in [-0.1, -0.05) is 6.07 Å². The lowest BCUT2D eigenvalue weighted by molar-refractivity contribution is 0.0462. The summed E-state index contributed by atoms with van der Waals surface area (Å²) in [6.45, 7) is 3.50. The fourth-order valence-corrected chi connectivity index (χ4v) is 4.65. The maximum atomic E-state index is 13.4. The van der Waals surface area contributed by atoms with Crippen LogP contribution in [0.5, 0.6) is 0 Å². The molecular weight excluding hydrogens is 443 g/mol. The molecule has 1 saturated carbocycles. The molecule has 0 N–H and O–H groups in total. The zero-order chi connectivity index (χ0) is 23.1. The van der Waals surface area contributed by atoms with E-state index in [1.807, 2.05) is 37.4 Å². The number of ether oxygens (including phenoxy) is 1. The Morgan fingerprint density at radius 3 is 2.61 bits per heavy atom. The summed E-state index contributed by atoms with van der Waals surface area (Å²) in [5.74, 6) is -1.17. The molecule has 1 aliphatic rings. The minimum atomic E-state index is -0.794. The zero-order valence-electron chi connectivity index (χ0n) is 18.1. The summed E-state index contributed by atoms with van der Waals surface area (Å²) in [5, 5.41) is 6.17. The molecule has 33 heavy (non-hydrogen) atoms. The van der Waals surface area contributed by atoms with E-state index >= 15 is 0 Å². The van der Waals surface area contributed by atoms with Gasteiger partial charge in [0.25, 0.3) is 5.82 Å². The molecule has 0 unspecified atom stereocenters. The van der Waals surface area contributed by atoms with Crippen molar-refractivity contribution >= 4 is 23.1 Å². The normalized spacial score (nSPS) is 13.3. The first-order valence-electron chi connectivity index (χ1n) is 10.6. The molecule has 3 heterocycles. The lowest BCUT2D eigenvalue weighted by Gasteiger charge is -2.07. The number of benzene rings is 1. The van der Waals surface area contributed by atoms with Crippen LogP contribution in [0.1, 0.15) is 51.2 Å². The van der Waals surface area contributed by atoms with Crippen LogP contribution >= 0.6 is 11.3 Å². The maximum absolute atomic E-state index is 13.4. The predicted octanol–water partition coefficient (Wildman–Crippen LogP) is 4.93.